The summed E-state index contributed by atoms with van der Waals surface area (Å²) in [7, 11) is 0.924. The van der Waals surface area contributed by atoms with Gasteiger partial charge < -0.3 is 14.0 Å². The van der Waals surface area contributed by atoms with Crippen molar-refractivity contribution in [2.45, 2.75) is 77.9 Å². The molecule has 0 amide bonds. The average molecular weight is 296 g/mol. The smallest absolute Gasteiger partial charge is 0.466 e. The van der Waals surface area contributed by atoms with E-state index in [1.807, 2.05) is 27.7 Å². The van der Waals surface area contributed by atoms with Crippen LogP contribution in [-0.4, -0.2) is 31.4 Å². The fraction of sp³-hybridized carbons (Fsp3) is 0.812. The van der Waals surface area contributed by atoms with E-state index < -0.39 is 18.3 Å². The van der Waals surface area contributed by atoms with Crippen LogP contribution in [0, 0.1) is 0 Å². The molecule has 0 aromatic heterocycles. The average Bonchev–Trinajstić information content (AvgIpc) is 2.61. The number of hydrogen-bond acceptors (Lipinski definition) is 4. The van der Waals surface area contributed by atoms with E-state index in [0.717, 1.165) is 24.7 Å². The van der Waals surface area contributed by atoms with Crippen LogP contribution in [-0.2, 0) is 18.8 Å². The third-order valence-electron chi connectivity index (χ3n) is 4.38. The van der Waals surface area contributed by atoms with Crippen molar-refractivity contribution in [2.24, 2.45) is 0 Å². The van der Waals surface area contributed by atoms with Gasteiger partial charge in [0.25, 0.3) is 0 Å². The summed E-state index contributed by atoms with van der Waals surface area (Å²) in [5.41, 5.74) is 0.0867. The van der Waals surface area contributed by atoms with E-state index in [-0.39, 0.29) is 5.97 Å². The van der Waals surface area contributed by atoms with Gasteiger partial charge in [0.2, 0.25) is 0 Å². The standard InChI is InChI=1S/C16H29BO4/c1-7-8-9-10-11-13(12-14(18)19-6)17-20-15(2,3)16(4,5)21-17/h12H,7-11H2,1-6H3/b13-12+. The summed E-state index contributed by atoms with van der Waals surface area (Å²) < 4.78 is 16.8. The lowest BCUT2D eigenvalue weighted by atomic mass is 9.75. The summed E-state index contributed by atoms with van der Waals surface area (Å²) in [4.78, 5) is 11.6. The second-order valence-electron chi connectivity index (χ2n) is 6.64. The third-order valence-corrected chi connectivity index (χ3v) is 4.38. The first-order valence-electron chi connectivity index (χ1n) is 7.87. The molecule has 1 rings (SSSR count). The molecule has 0 unspecified atom stereocenters. The Morgan fingerprint density at radius 3 is 2.14 bits per heavy atom. The molecular weight excluding hydrogens is 267 g/mol. The molecule has 1 aliphatic heterocycles. The lowest BCUT2D eigenvalue weighted by Crippen LogP contribution is -2.41. The highest BCUT2D eigenvalue weighted by atomic mass is 16.7. The van der Waals surface area contributed by atoms with Gasteiger partial charge in [0, 0.05) is 6.08 Å². The second-order valence-corrected chi connectivity index (χ2v) is 6.64. The lowest BCUT2D eigenvalue weighted by molar-refractivity contribution is -0.134. The van der Waals surface area contributed by atoms with E-state index >= 15 is 0 Å². The van der Waals surface area contributed by atoms with Gasteiger partial charge in [0.15, 0.2) is 0 Å². The maximum absolute atomic E-state index is 11.6. The van der Waals surface area contributed by atoms with E-state index in [1.165, 1.54) is 26.0 Å². The molecule has 0 saturated carbocycles. The zero-order chi connectivity index (χ0) is 16.1. The number of esters is 1. The summed E-state index contributed by atoms with van der Waals surface area (Å²) in [5.74, 6) is -0.352. The summed E-state index contributed by atoms with van der Waals surface area (Å²) >= 11 is 0. The molecule has 0 bridgehead atoms. The first-order valence-corrected chi connectivity index (χ1v) is 7.87. The van der Waals surface area contributed by atoms with Gasteiger partial charge in [-0.15, -0.1) is 0 Å². The maximum Gasteiger partial charge on any atom is 0.490 e. The van der Waals surface area contributed by atoms with Crippen molar-refractivity contribution < 1.29 is 18.8 Å². The van der Waals surface area contributed by atoms with Gasteiger partial charge in [-0.25, -0.2) is 4.79 Å². The van der Waals surface area contributed by atoms with Crippen molar-refractivity contribution in [3.8, 4) is 0 Å². The first kappa shape index (κ1) is 18.2. The van der Waals surface area contributed by atoms with Crippen molar-refractivity contribution in [2.75, 3.05) is 7.11 Å². The van der Waals surface area contributed by atoms with Crippen LogP contribution in [0.25, 0.3) is 0 Å². The number of unbranched alkanes of at least 4 members (excludes halogenated alkanes) is 3. The minimum atomic E-state index is -0.462. The van der Waals surface area contributed by atoms with Crippen molar-refractivity contribution in [3.63, 3.8) is 0 Å². The molecule has 0 aliphatic carbocycles. The van der Waals surface area contributed by atoms with Crippen molar-refractivity contribution >= 4 is 13.1 Å². The van der Waals surface area contributed by atoms with Gasteiger partial charge in [-0.1, -0.05) is 32.6 Å². The molecule has 1 aliphatic rings. The van der Waals surface area contributed by atoms with Gasteiger partial charge >= 0.3 is 13.1 Å². The Bertz CT molecular complexity index is 372. The van der Waals surface area contributed by atoms with Crippen LogP contribution < -0.4 is 0 Å². The number of ether oxygens (including phenoxy) is 1. The fourth-order valence-electron chi connectivity index (χ4n) is 2.22. The molecule has 120 valence electrons. The molecule has 21 heavy (non-hydrogen) atoms. The maximum atomic E-state index is 11.6. The molecule has 0 aromatic carbocycles. The molecule has 1 saturated heterocycles. The minimum absolute atomic E-state index is 0.352. The molecular formula is C16H29BO4. The van der Waals surface area contributed by atoms with E-state index in [2.05, 4.69) is 6.92 Å². The number of methoxy groups -OCH3 is 1. The van der Waals surface area contributed by atoms with Gasteiger partial charge in [-0.2, -0.15) is 0 Å². The Morgan fingerprint density at radius 1 is 1.10 bits per heavy atom. The predicted molar refractivity (Wildman–Crippen MR) is 84.9 cm³/mol. The number of carbonyl (C=O) groups excluding carboxylic acids is 1. The molecule has 5 heteroatoms. The van der Waals surface area contributed by atoms with E-state index in [4.69, 9.17) is 14.0 Å². The summed E-state index contributed by atoms with van der Waals surface area (Å²) in [6.45, 7) is 10.2. The molecule has 0 radical (unpaired) electrons. The molecule has 0 spiro atoms. The topological polar surface area (TPSA) is 44.8 Å². The molecule has 4 nitrogen and oxygen atoms in total. The van der Waals surface area contributed by atoms with Gasteiger partial charge in [-0.05, 0) is 39.6 Å². The van der Waals surface area contributed by atoms with Gasteiger partial charge in [0.1, 0.15) is 0 Å². The molecule has 0 atom stereocenters. The van der Waals surface area contributed by atoms with Crippen LogP contribution in [0.4, 0.5) is 0 Å². The first-order chi connectivity index (χ1) is 9.73. The fourth-order valence-corrected chi connectivity index (χ4v) is 2.22. The zero-order valence-electron chi connectivity index (χ0n) is 14.3. The Morgan fingerprint density at radius 2 is 1.67 bits per heavy atom. The van der Waals surface area contributed by atoms with Crippen molar-refractivity contribution in [3.05, 3.63) is 11.5 Å². The highest BCUT2D eigenvalue weighted by Crippen LogP contribution is 2.39. The number of rotatable bonds is 7. The highest BCUT2D eigenvalue weighted by Gasteiger charge is 2.52. The van der Waals surface area contributed by atoms with Crippen LogP contribution in [0.2, 0.25) is 0 Å². The zero-order valence-corrected chi connectivity index (χ0v) is 14.3. The highest BCUT2D eigenvalue weighted by molar-refractivity contribution is 6.55. The molecule has 0 N–H and O–H groups in total. The second kappa shape index (κ2) is 7.46. The number of hydrogen-bond donors (Lipinski definition) is 0. The Labute approximate surface area is 129 Å². The van der Waals surface area contributed by atoms with E-state index in [1.54, 1.807) is 0 Å². The normalized spacial score (nSPS) is 20.7. The van der Waals surface area contributed by atoms with Gasteiger partial charge in [-0.3, -0.25) is 0 Å². The SMILES string of the molecule is CCCCCC/C(=C\C(=O)OC)B1OC(C)(C)C(C)(C)O1. The lowest BCUT2D eigenvalue weighted by Gasteiger charge is -2.32. The predicted octanol–water partition coefficient (Wildman–Crippen LogP) is 3.69. The minimum Gasteiger partial charge on any atom is -0.466 e. The third kappa shape index (κ3) is 4.85. The summed E-state index contributed by atoms with van der Waals surface area (Å²) in [5, 5.41) is 0. The van der Waals surface area contributed by atoms with Crippen molar-refractivity contribution in [1.82, 2.24) is 0 Å². The monoisotopic (exact) mass is 296 g/mol. The van der Waals surface area contributed by atoms with Crippen LogP contribution in [0.3, 0.4) is 0 Å². The van der Waals surface area contributed by atoms with E-state index in [0.29, 0.717) is 0 Å². The number of allylic oxidation sites excluding steroid dienone is 1. The summed E-state index contributed by atoms with van der Waals surface area (Å²) in [6, 6.07) is 0. The van der Waals surface area contributed by atoms with Crippen LogP contribution in [0.5, 0.6) is 0 Å². The molecule has 1 fully saturated rings. The van der Waals surface area contributed by atoms with Gasteiger partial charge in [0.05, 0.1) is 18.3 Å². The Kier molecular flexibility index (Phi) is 6.48. The van der Waals surface area contributed by atoms with Crippen molar-refractivity contribution in [1.29, 1.82) is 0 Å². The molecule has 1 heterocycles. The number of carbonyl (C=O) groups is 1. The van der Waals surface area contributed by atoms with Crippen LogP contribution in [0.15, 0.2) is 11.5 Å². The quantitative estimate of drug-likeness (QED) is 0.311. The Hall–Kier alpha value is -0.805. The Balaban J connectivity index is 2.78. The van der Waals surface area contributed by atoms with Crippen LogP contribution >= 0.6 is 0 Å². The largest absolute Gasteiger partial charge is 0.490 e. The van der Waals surface area contributed by atoms with E-state index in [9.17, 15) is 4.79 Å². The molecule has 0 aromatic rings. The summed E-state index contributed by atoms with van der Waals surface area (Å²) in [6.07, 6.45) is 6.89. The van der Waals surface area contributed by atoms with Crippen LogP contribution in [0.1, 0.15) is 66.7 Å².